The number of aliphatic hydroxyl groups is 1. The summed E-state index contributed by atoms with van der Waals surface area (Å²) in [6.07, 6.45) is 0. The van der Waals surface area contributed by atoms with Crippen molar-refractivity contribution in [1.82, 2.24) is 10.6 Å². The van der Waals surface area contributed by atoms with Gasteiger partial charge < -0.3 is 34.5 Å². The molecule has 2 rings (SSSR count). The molecule has 0 saturated carbocycles. The standard InChI is InChI=1S/C18H24N2O9/c1-5-28-15(22)12-13(9-7-10(26-3)14(21)11(8-9)27-4)19-17(24)20-18(12,25)16(23)29-6-2/h7-8,12-13,21,25H,5-6H2,1-4H3,(H2,19,20,24). The number of methoxy groups -OCH3 is 2. The minimum absolute atomic E-state index is 0.00517. The highest BCUT2D eigenvalue weighted by atomic mass is 16.6. The quantitative estimate of drug-likeness (QED) is 0.460. The van der Waals surface area contributed by atoms with Gasteiger partial charge in [-0.1, -0.05) is 0 Å². The molecule has 2 amide bonds. The molecule has 1 fully saturated rings. The Kier molecular flexibility index (Phi) is 6.75. The van der Waals surface area contributed by atoms with Gasteiger partial charge in [-0.05, 0) is 31.5 Å². The van der Waals surface area contributed by atoms with Gasteiger partial charge in [0.25, 0.3) is 5.72 Å². The number of aromatic hydroxyl groups is 1. The van der Waals surface area contributed by atoms with Crippen LogP contribution in [0.3, 0.4) is 0 Å². The van der Waals surface area contributed by atoms with E-state index in [0.717, 1.165) is 0 Å². The van der Waals surface area contributed by atoms with Gasteiger partial charge in [0.2, 0.25) is 5.75 Å². The third-order valence-electron chi connectivity index (χ3n) is 4.36. The summed E-state index contributed by atoms with van der Waals surface area (Å²) in [5, 5.41) is 25.6. The molecule has 1 aromatic carbocycles. The first-order valence-electron chi connectivity index (χ1n) is 8.83. The van der Waals surface area contributed by atoms with E-state index in [1.165, 1.54) is 33.3 Å². The number of carbonyl (C=O) groups is 3. The van der Waals surface area contributed by atoms with Gasteiger partial charge in [-0.2, -0.15) is 0 Å². The lowest BCUT2D eigenvalue weighted by molar-refractivity contribution is -0.188. The number of rotatable bonds is 7. The molecule has 1 saturated heterocycles. The van der Waals surface area contributed by atoms with Crippen molar-refractivity contribution in [2.24, 2.45) is 5.92 Å². The average Bonchev–Trinajstić information content (AvgIpc) is 2.67. The first kappa shape index (κ1) is 22.1. The number of amides is 2. The number of phenolic OH excluding ortho intramolecular Hbond substituents is 1. The summed E-state index contributed by atoms with van der Waals surface area (Å²) in [5.74, 6) is -4.09. The van der Waals surface area contributed by atoms with Crippen molar-refractivity contribution in [1.29, 1.82) is 0 Å². The second-order valence-corrected chi connectivity index (χ2v) is 6.07. The van der Waals surface area contributed by atoms with E-state index in [1.807, 2.05) is 0 Å². The number of hydrogen-bond acceptors (Lipinski definition) is 9. The van der Waals surface area contributed by atoms with E-state index in [4.69, 9.17) is 18.9 Å². The van der Waals surface area contributed by atoms with E-state index in [-0.39, 0.29) is 36.0 Å². The Morgan fingerprint density at radius 1 is 1.10 bits per heavy atom. The fraction of sp³-hybridized carbons (Fsp3) is 0.500. The summed E-state index contributed by atoms with van der Waals surface area (Å²) in [4.78, 5) is 37.4. The number of carbonyl (C=O) groups excluding carboxylic acids is 3. The normalized spacial score (nSPS) is 23.4. The monoisotopic (exact) mass is 412 g/mol. The van der Waals surface area contributed by atoms with Crippen LogP contribution in [0.4, 0.5) is 4.79 Å². The summed E-state index contributed by atoms with van der Waals surface area (Å²) < 4.78 is 20.1. The molecule has 29 heavy (non-hydrogen) atoms. The van der Waals surface area contributed by atoms with Gasteiger partial charge in [0.05, 0.1) is 33.5 Å². The zero-order valence-corrected chi connectivity index (χ0v) is 16.5. The van der Waals surface area contributed by atoms with Crippen molar-refractivity contribution in [2.75, 3.05) is 27.4 Å². The van der Waals surface area contributed by atoms with Crippen LogP contribution in [0.5, 0.6) is 17.2 Å². The Bertz CT molecular complexity index is 773. The maximum absolute atomic E-state index is 12.7. The topological polar surface area (TPSA) is 153 Å². The lowest BCUT2D eigenvalue weighted by Crippen LogP contribution is -2.70. The molecule has 4 N–H and O–H groups in total. The van der Waals surface area contributed by atoms with Crippen molar-refractivity contribution in [2.45, 2.75) is 25.6 Å². The molecular weight excluding hydrogens is 388 g/mol. The van der Waals surface area contributed by atoms with Crippen LogP contribution < -0.4 is 20.1 Å². The first-order valence-corrected chi connectivity index (χ1v) is 8.83. The molecule has 1 heterocycles. The van der Waals surface area contributed by atoms with Gasteiger partial charge in [-0.15, -0.1) is 0 Å². The van der Waals surface area contributed by atoms with Crippen molar-refractivity contribution < 1.29 is 43.5 Å². The molecule has 1 aliphatic heterocycles. The van der Waals surface area contributed by atoms with Crippen LogP contribution in [0, 0.1) is 5.92 Å². The largest absolute Gasteiger partial charge is 0.502 e. The number of nitrogens with one attached hydrogen (secondary N) is 2. The second kappa shape index (κ2) is 8.86. The predicted octanol–water partition coefficient (Wildman–Crippen LogP) is 0.194. The molecule has 0 aromatic heterocycles. The summed E-state index contributed by atoms with van der Waals surface area (Å²) in [6.45, 7) is 2.94. The smallest absolute Gasteiger partial charge is 0.360 e. The Morgan fingerprint density at radius 3 is 2.14 bits per heavy atom. The van der Waals surface area contributed by atoms with E-state index in [1.54, 1.807) is 6.92 Å². The van der Waals surface area contributed by atoms with Gasteiger partial charge in [-0.25, -0.2) is 9.59 Å². The van der Waals surface area contributed by atoms with Crippen LogP contribution in [0.25, 0.3) is 0 Å². The molecule has 0 spiro atoms. The number of ether oxygens (including phenoxy) is 4. The van der Waals surface area contributed by atoms with E-state index < -0.39 is 35.7 Å². The second-order valence-electron chi connectivity index (χ2n) is 6.07. The number of phenols is 1. The van der Waals surface area contributed by atoms with E-state index in [9.17, 15) is 24.6 Å². The highest BCUT2D eigenvalue weighted by Crippen LogP contribution is 2.42. The Morgan fingerprint density at radius 2 is 1.66 bits per heavy atom. The Labute approximate surface area is 166 Å². The van der Waals surface area contributed by atoms with Crippen LogP contribution in [0.15, 0.2) is 12.1 Å². The van der Waals surface area contributed by atoms with Crippen LogP contribution >= 0.6 is 0 Å². The van der Waals surface area contributed by atoms with Crippen molar-refractivity contribution >= 4 is 18.0 Å². The molecule has 0 radical (unpaired) electrons. The third kappa shape index (κ3) is 4.14. The summed E-state index contributed by atoms with van der Waals surface area (Å²) in [6, 6.07) is 0.524. The zero-order chi connectivity index (χ0) is 21.8. The maximum Gasteiger partial charge on any atom is 0.360 e. The minimum atomic E-state index is -2.69. The SMILES string of the molecule is CCOC(=O)C1C(c2cc(OC)c(O)c(OC)c2)NC(=O)NC1(O)C(=O)OCC. The van der Waals surface area contributed by atoms with Crippen LogP contribution in [0.2, 0.25) is 0 Å². The minimum Gasteiger partial charge on any atom is -0.502 e. The molecule has 3 unspecified atom stereocenters. The van der Waals surface area contributed by atoms with Gasteiger partial charge in [0, 0.05) is 0 Å². The van der Waals surface area contributed by atoms with Crippen molar-refractivity contribution in [3.8, 4) is 17.2 Å². The molecule has 0 bridgehead atoms. The molecular formula is C18H24N2O9. The molecule has 1 aromatic rings. The Balaban J connectivity index is 2.65. The van der Waals surface area contributed by atoms with E-state index in [0.29, 0.717) is 0 Å². The van der Waals surface area contributed by atoms with Crippen molar-refractivity contribution in [3.63, 3.8) is 0 Å². The number of benzene rings is 1. The van der Waals surface area contributed by atoms with Crippen LogP contribution in [-0.4, -0.2) is 61.3 Å². The predicted molar refractivity (Wildman–Crippen MR) is 97.3 cm³/mol. The highest BCUT2D eigenvalue weighted by molar-refractivity contribution is 5.94. The molecule has 1 aliphatic rings. The number of esters is 2. The summed E-state index contributed by atoms with van der Waals surface area (Å²) in [5.41, 5.74) is -2.47. The van der Waals surface area contributed by atoms with Crippen LogP contribution in [-0.2, 0) is 19.1 Å². The molecule has 160 valence electrons. The van der Waals surface area contributed by atoms with Crippen LogP contribution in [0.1, 0.15) is 25.5 Å². The van der Waals surface area contributed by atoms with Gasteiger partial charge >= 0.3 is 18.0 Å². The van der Waals surface area contributed by atoms with Gasteiger partial charge in [0.15, 0.2) is 11.5 Å². The van der Waals surface area contributed by atoms with E-state index in [2.05, 4.69) is 10.6 Å². The summed E-state index contributed by atoms with van der Waals surface area (Å²) >= 11 is 0. The highest BCUT2D eigenvalue weighted by Gasteiger charge is 2.58. The third-order valence-corrected chi connectivity index (χ3v) is 4.36. The summed E-state index contributed by atoms with van der Waals surface area (Å²) in [7, 11) is 2.61. The fourth-order valence-electron chi connectivity index (χ4n) is 3.08. The maximum atomic E-state index is 12.7. The first-order chi connectivity index (χ1) is 13.7. The number of urea groups is 1. The zero-order valence-electron chi connectivity index (χ0n) is 16.5. The average molecular weight is 412 g/mol. The van der Waals surface area contributed by atoms with Gasteiger partial charge in [0.1, 0.15) is 5.92 Å². The Hall–Kier alpha value is -3.21. The molecule has 11 heteroatoms. The number of hydrogen-bond donors (Lipinski definition) is 4. The lowest BCUT2D eigenvalue weighted by atomic mass is 9.82. The van der Waals surface area contributed by atoms with Crippen molar-refractivity contribution in [3.05, 3.63) is 17.7 Å². The molecule has 11 nitrogen and oxygen atoms in total. The molecule has 3 atom stereocenters. The lowest BCUT2D eigenvalue weighted by Gasteiger charge is -2.41. The molecule has 0 aliphatic carbocycles. The van der Waals surface area contributed by atoms with E-state index >= 15 is 0 Å². The van der Waals surface area contributed by atoms with Gasteiger partial charge in [-0.3, -0.25) is 10.1 Å². The fourth-order valence-corrected chi connectivity index (χ4v) is 3.08.